The lowest BCUT2D eigenvalue weighted by molar-refractivity contribution is -0.120. The van der Waals surface area contributed by atoms with E-state index in [-0.39, 0.29) is 46.7 Å². The molecule has 9 nitrogen and oxygen atoms in total. The quantitative estimate of drug-likeness (QED) is 0.408. The largest absolute Gasteiger partial charge is 0.353 e. The van der Waals surface area contributed by atoms with Crippen molar-refractivity contribution in [3.63, 3.8) is 0 Å². The zero-order valence-corrected chi connectivity index (χ0v) is 22.7. The first kappa shape index (κ1) is 27.6. The second kappa shape index (κ2) is 11.1. The second-order valence-corrected chi connectivity index (χ2v) is 10.0. The molecule has 2 N–H and O–H groups in total. The number of rotatable bonds is 9. The molecule has 0 saturated heterocycles. The highest BCUT2D eigenvalue weighted by Crippen LogP contribution is 2.36. The third kappa shape index (κ3) is 5.84. The smallest absolute Gasteiger partial charge is 0.259 e. The van der Waals surface area contributed by atoms with E-state index in [1.54, 1.807) is 51.4 Å². The fraction of sp³-hybridized carbons (Fsp3) is 0.310. The first-order valence-corrected chi connectivity index (χ1v) is 12.6. The Labute approximate surface area is 226 Å². The van der Waals surface area contributed by atoms with E-state index in [1.165, 1.54) is 40.5 Å². The molecule has 1 aromatic heterocycles. The van der Waals surface area contributed by atoms with E-state index >= 15 is 0 Å². The molecule has 0 aliphatic heterocycles. The number of hydrogen-bond acceptors (Lipinski definition) is 5. The molecular weight excluding hydrogens is 501 g/mol. The predicted molar refractivity (Wildman–Crippen MR) is 148 cm³/mol. The first-order chi connectivity index (χ1) is 18.5. The number of pyridine rings is 1. The van der Waals surface area contributed by atoms with Crippen LogP contribution >= 0.6 is 0 Å². The Hall–Kier alpha value is -4.47. The van der Waals surface area contributed by atoms with Crippen molar-refractivity contribution in [3.05, 3.63) is 80.9 Å². The van der Waals surface area contributed by atoms with E-state index in [0.717, 1.165) is 12.8 Å². The monoisotopic (exact) mass is 533 g/mol. The van der Waals surface area contributed by atoms with Crippen LogP contribution in [0.15, 0.2) is 47.3 Å². The van der Waals surface area contributed by atoms with Crippen molar-refractivity contribution >= 4 is 41.1 Å². The third-order valence-electron chi connectivity index (χ3n) is 6.63. The van der Waals surface area contributed by atoms with Crippen LogP contribution in [0.3, 0.4) is 0 Å². The molecule has 0 bridgehead atoms. The molecule has 2 aromatic carbocycles. The van der Waals surface area contributed by atoms with Crippen LogP contribution in [0.25, 0.3) is 0 Å². The summed E-state index contributed by atoms with van der Waals surface area (Å²) in [4.78, 5) is 54.4. The molecule has 1 fully saturated rings. The van der Waals surface area contributed by atoms with Crippen molar-refractivity contribution < 1.29 is 18.8 Å². The Bertz CT molecular complexity index is 1510. The van der Waals surface area contributed by atoms with Crippen LogP contribution in [0.5, 0.6) is 0 Å². The first-order valence-electron chi connectivity index (χ1n) is 12.6. The van der Waals surface area contributed by atoms with Crippen LogP contribution in [0.2, 0.25) is 0 Å². The summed E-state index contributed by atoms with van der Waals surface area (Å²) >= 11 is 0. The predicted octanol–water partition coefficient (Wildman–Crippen LogP) is 3.70. The van der Waals surface area contributed by atoms with E-state index in [0.29, 0.717) is 23.2 Å². The van der Waals surface area contributed by atoms with Crippen molar-refractivity contribution in [2.24, 2.45) is 7.05 Å². The van der Waals surface area contributed by atoms with Crippen molar-refractivity contribution in [2.75, 3.05) is 24.3 Å². The van der Waals surface area contributed by atoms with E-state index in [9.17, 15) is 23.6 Å². The van der Waals surface area contributed by atoms with Crippen LogP contribution in [-0.4, -0.2) is 47.8 Å². The van der Waals surface area contributed by atoms with Gasteiger partial charge in [-0.3, -0.25) is 28.6 Å². The highest BCUT2D eigenvalue weighted by atomic mass is 19.1. The van der Waals surface area contributed by atoms with Crippen LogP contribution in [-0.2, 0) is 23.1 Å². The summed E-state index contributed by atoms with van der Waals surface area (Å²) in [7, 11) is 4.57. The Morgan fingerprint density at radius 2 is 1.85 bits per heavy atom. The van der Waals surface area contributed by atoms with E-state index in [2.05, 4.69) is 10.6 Å². The maximum Gasteiger partial charge on any atom is 0.259 e. The van der Waals surface area contributed by atoms with Gasteiger partial charge in [0.05, 0.1) is 17.8 Å². The Morgan fingerprint density at radius 1 is 1.13 bits per heavy atom. The summed E-state index contributed by atoms with van der Waals surface area (Å²) in [5.41, 5.74) is 1.59. The van der Waals surface area contributed by atoms with Gasteiger partial charge in [0, 0.05) is 38.4 Å². The summed E-state index contributed by atoms with van der Waals surface area (Å²) in [5.74, 6) is -1.14. The van der Waals surface area contributed by atoms with Gasteiger partial charge in [0.2, 0.25) is 12.3 Å². The number of aryl methyl sites for hydroxylation is 1. The summed E-state index contributed by atoms with van der Waals surface area (Å²) in [6.07, 6.45) is 2.58. The van der Waals surface area contributed by atoms with Gasteiger partial charge < -0.3 is 15.5 Å². The highest BCUT2D eigenvalue weighted by molar-refractivity contribution is 6.08. The minimum Gasteiger partial charge on any atom is -0.353 e. The zero-order valence-electron chi connectivity index (χ0n) is 22.7. The lowest BCUT2D eigenvalue weighted by Gasteiger charge is -2.27. The molecular formula is C29H32FN5O4. The molecule has 3 aromatic rings. The summed E-state index contributed by atoms with van der Waals surface area (Å²) in [5, 5.41) is 5.86. The van der Waals surface area contributed by atoms with Gasteiger partial charge in [0.25, 0.3) is 11.5 Å². The molecule has 4 rings (SSSR count). The van der Waals surface area contributed by atoms with Gasteiger partial charge in [-0.1, -0.05) is 18.2 Å². The summed E-state index contributed by atoms with van der Waals surface area (Å²) in [6.45, 7) is 3.28. The molecule has 1 aliphatic carbocycles. The fourth-order valence-corrected chi connectivity index (χ4v) is 4.40. The molecule has 10 heteroatoms. The summed E-state index contributed by atoms with van der Waals surface area (Å²) in [6, 6.07) is 11.6. The number of anilines is 4. The van der Waals surface area contributed by atoms with Gasteiger partial charge in [-0.15, -0.1) is 0 Å². The van der Waals surface area contributed by atoms with Crippen molar-refractivity contribution in [1.29, 1.82) is 0 Å². The topological polar surface area (TPSA) is 104 Å². The maximum atomic E-state index is 14.8. The standard InChI is InChI=1S/C29H32FN5O4/c1-17-9-12-23(22(30)13-17)32-27-25(29(39)33(3)4)26(18(2)28(38)34(27)5)35(16-36)21-8-6-7-19(14-21)15-24(37)31-20-10-11-20/h6-9,12-14,16,20,32H,10-11,15H2,1-5H3,(H,31,37). The third-order valence-corrected chi connectivity index (χ3v) is 6.63. The maximum absolute atomic E-state index is 14.8. The average Bonchev–Trinajstić information content (AvgIpc) is 3.70. The second-order valence-electron chi connectivity index (χ2n) is 10.0. The van der Waals surface area contributed by atoms with Crippen LogP contribution in [0, 0.1) is 19.7 Å². The lowest BCUT2D eigenvalue weighted by Crippen LogP contribution is -2.33. The number of amides is 3. The van der Waals surface area contributed by atoms with E-state index in [4.69, 9.17) is 0 Å². The number of aromatic nitrogens is 1. The van der Waals surface area contributed by atoms with Crippen LogP contribution in [0.1, 0.15) is 39.9 Å². The lowest BCUT2D eigenvalue weighted by atomic mass is 10.0. The number of carbonyl (C=O) groups excluding carboxylic acids is 3. The van der Waals surface area contributed by atoms with Gasteiger partial charge in [0.15, 0.2) is 0 Å². The molecule has 1 aliphatic rings. The minimum absolute atomic E-state index is 0.0172. The Kier molecular flexibility index (Phi) is 7.85. The SMILES string of the molecule is Cc1ccc(Nc2c(C(=O)N(C)C)c(N(C=O)c3cccc(CC(=O)NC4CC4)c3)c(C)c(=O)n2C)c(F)c1. The normalized spacial score (nSPS) is 12.6. The molecule has 204 valence electrons. The van der Waals surface area contributed by atoms with Gasteiger partial charge in [-0.2, -0.15) is 0 Å². The zero-order chi connectivity index (χ0) is 28.4. The number of benzene rings is 2. The van der Waals surface area contributed by atoms with Gasteiger partial charge in [0.1, 0.15) is 17.2 Å². The number of nitrogens with zero attached hydrogens (tertiary/aromatic N) is 3. The number of carbonyl (C=O) groups is 3. The number of nitrogens with one attached hydrogen (secondary N) is 2. The highest BCUT2D eigenvalue weighted by Gasteiger charge is 2.30. The fourth-order valence-electron chi connectivity index (χ4n) is 4.40. The van der Waals surface area contributed by atoms with Crippen molar-refractivity contribution in [3.8, 4) is 0 Å². The van der Waals surface area contributed by atoms with Crippen molar-refractivity contribution in [2.45, 2.75) is 39.2 Å². The molecule has 1 heterocycles. The molecule has 0 unspecified atom stereocenters. The molecule has 0 spiro atoms. The molecule has 3 amide bonds. The summed E-state index contributed by atoms with van der Waals surface area (Å²) < 4.78 is 16.0. The van der Waals surface area contributed by atoms with Crippen LogP contribution in [0.4, 0.5) is 27.3 Å². The van der Waals surface area contributed by atoms with E-state index < -0.39 is 17.3 Å². The van der Waals surface area contributed by atoms with Gasteiger partial charge in [-0.05, 0) is 62.1 Å². The number of halogens is 1. The minimum atomic E-state index is -0.558. The molecule has 0 atom stereocenters. The van der Waals surface area contributed by atoms with Gasteiger partial charge >= 0.3 is 0 Å². The molecule has 39 heavy (non-hydrogen) atoms. The van der Waals surface area contributed by atoms with Crippen molar-refractivity contribution in [1.82, 2.24) is 14.8 Å². The number of hydrogen-bond donors (Lipinski definition) is 2. The Balaban J connectivity index is 1.87. The van der Waals surface area contributed by atoms with E-state index in [1.807, 2.05) is 0 Å². The Morgan fingerprint density at radius 3 is 2.46 bits per heavy atom. The van der Waals surface area contributed by atoms with Crippen LogP contribution < -0.4 is 21.1 Å². The molecule has 1 saturated carbocycles. The molecule has 0 radical (unpaired) electrons. The van der Waals surface area contributed by atoms with Gasteiger partial charge in [-0.25, -0.2) is 4.39 Å². The average molecular weight is 534 g/mol.